The smallest absolute Gasteiger partial charge is 0.439 e. The maximum atomic E-state index is 11.6. The number of carbonyl (C=O) groups excluding carboxylic acids is 2. The van der Waals surface area contributed by atoms with Crippen molar-refractivity contribution in [3.63, 3.8) is 0 Å². The summed E-state index contributed by atoms with van der Waals surface area (Å²) < 4.78 is 15.8. The molecule has 1 atom stereocenters. The molecule has 2 aliphatic rings. The van der Waals surface area contributed by atoms with Gasteiger partial charge >= 0.3 is 13.8 Å². The minimum atomic E-state index is -0.595. The zero-order valence-electron chi connectivity index (χ0n) is 16.0. The summed E-state index contributed by atoms with van der Waals surface area (Å²) in [5.41, 5.74) is 4.72. The minimum Gasteiger partial charge on any atom is -0.443 e. The molecule has 0 saturated carbocycles. The van der Waals surface area contributed by atoms with Gasteiger partial charge in [0.25, 0.3) is 0 Å². The van der Waals surface area contributed by atoms with Gasteiger partial charge in [-0.3, -0.25) is 4.79 Å². The highest BCUT2D eigenvalue weighted by Gasteiger charge is 2.44. The number of hydrogen-bond donors (Lipinski definition) is 1. The number of hydrogen-bond acceptors (Lipinski definition) is 6. The fourth-order valence-electron chi connectivity index (χ4n) is 2.07. The van der Waals surface area contributed by atoms with E-state index in [2.05, 4.69) is 0 Å². The van der Waals surface area contributed by atoms with Crippen LogP contribution in [0.25, 0.3) is 0 Å². The Labute approximate surface area is 145 Å². The molecule has 0 aliphatic carbocycles. The molecule has 2 heterocycles. The van der Waals surface area contributed by atoms with Crippen LogP contribution in [0.3, 0.4) is 0 Å². The van der Waals surface area contributed by atoms with E-state index in [0.717, 1.165) is 11.3 Å². The van der Waals surface area contributed by atoms with Crippen LogP contribution in [0.1, 0.15) is 61.3 Å². The van der Waals surface area contributed by atoms with Crippen molar-refractivity contribution in [1.82, 2.24) is 4.90 Å². The normalized spacial score (nSPS) is 25.4. The second-order valence-corrected chi connectivity index (χ2v) is 8.15. The van der Waals surface area contributed by atoms with E-state index in [0.29, 0.717) is 20.7 Å². The van der Waals surface area contributed by atoms with E-state index in [1.165, 1.54) is 0 Å². The predicted molar refractivity (Wildman–Crippen MR) is 92.6 cm³/mol. The standard InChI is InChI=1S/C10H18N2O3.C6H13BO2/c1-10(2,3)15-9(14)12-6-4-5-7(11)8(12)13;1-5(2)6(3,4)9-7-8-5/h7H,4-6,11H2,1-3H3;7H,1-4H3. The van der Waals surface area contributed by atoms with E-state index in [9.17, 15) is 9.59 Å². The average Bonchev–Trinajstić information content (AvgIpc) is 2.63. The first-order valence-electron chi connectivity index (χ1n) is 8.35. The molecule has 0 radical (unpaired) electrons. The number of nitrogens with zero attached hydrogens (tertiary/aromatic N) is 1. The zero-order chi connectivity index (χ0) is 18.8. The van der Waals surface area contributed by atoms with Crippen LogP contribution in [0.5, 0.6) is 0 Å². The van der Waals surface area contributed by atoms with E-state index in [4.69, 9.17) is 19.8 Å². The lowest BCUT2D eigenvalue weighted by Crippen LogP contribution is -2.52. The summed E-state index contributed by atoms with van der Waals surface area (Å²) >= 11 is 0. The number of piperidine rings is 1. The Hall–Kier alpha value is -1.12. The number of likely N-dealkylation sites (tertiary alicyclic amines) is 1. The third kappa shape index (κ3) is 5.46. The van der Waals surface area contributed by atoms with Gasteiger partial charge in [-0.1, -0.05) is 0 Å². The van der Waals surface area contributed by atoms with Crippen LogP contribution in [-0.4, -0.2) is 54.0 Å². The quantitative estimate of drug-likeness (QED) is 0.674. The van der Waals surface area contributed by atoms with Gasteiger partial charge in [-0.25, -0.2) is 9.69 Å². The first-order valence-corrected chi connectivity index (χ1v) is 8.35. The molecule has 1 unspecified atom stereocenters. The molecular formula is C16H31BN2O5. The van der Waals surface area contributed by atoms with Crippen molar-refractivity contribution in [1.29, 1.82) is 0 Å². The van der Waals surface area contributed by atoms with Gasteiger partial charge in [0.15, 0.2) is 0 Å². The zero-order valence-corrected chi connectivity index (χ0v) is 16.0. The SMILES string of the molecule is CC(C)(C)OC(=O)N1CCCC(N)C1=O.CC1(C)OBOC1(C)C. The molecule has 2 fully saturated rings. The number of imide groups is 1. The lowest BCUT2D eigenvalue weighted by molar-refractivity contribution is -0.133. The fraction of sp³-hybridized carbons (Fsp3) is 0.875. The van der Waals surface area contributed by atoms with Gasteiger partial charge in [0.1, 0.15) is 5.60 Å². The number of ether oxygens (including phenoxy) is 1. The second-order valence-electron chi connectivity index (χ2n) is 8.15. The van der Waals surface area contributed by atoms with Gasteiger partial charge in [0.05, 0.1) is 17.2 Å². The van der Waals surface area contributed by atoms with Crippen molar-refractivity contribution in [2.24, 2.45) is 5.73 Å². The molecule has 0 aromatic carbocycles. The lowest BCUT2D eigenvalue weighted by Gasteiger charge is -2.32. The first kappa shape index (κ1) is 20.9. The van der Waals surface area contributed by atoms with Crippen LogP contribution in [0, 0.1) is 0 Å². The summed E-state index contributed by atoms with van der Waals surface area (Å²) in [6.07, 6.45) is 0.784. The van der Waals surface area contributed by atoms with E-state index in [1.807, 2.05) is 27.7 Å². The van der Waals surface area contributed by atoms with Crippen LogP contribution in [-0.2, 0) is 18.8 Å². The fourth-order valence-corrected chi connectivity index (χ4v) is 2.07. The monoisotopic (exact) mass is 342 g/mol. The Bertz CT molecular complexity index is 460. The third-order valence-corrected chi connectivity index (χ3v) is 4.38. The number of nitrogens with two attached hydrogens (primary N) is 1. The Morgan fingerprint density at radius 3 is 2.12 bits per heavy atom. The first-order chi connectivity index (χ1) is 10.8. The van der Waals surface area contributed by atoms with Crippen molar-refractivity contribution in [3.8, 4) is 0 Å². The summed E-state index contributed by atoms with van der Waals surface area (Å²) in [7, 11) is 0.431. The topological polar surface area (TPSA) is 91.1 Å². The number of rotatable bonds is 0. The second kappa shape index (κ2) is 7.41. The van der Waals surface area contributed by atoms with Gasteiger partial charge in [-0.2, -0.15) is 0 Å². The van der Waals surface area contributed by atoms with Crippen LogP contribution >= 0.6 is 0 Å². The molecular weight excluding hydrogens is 311 g/mol. The van der Waals surface area contributed by atoms with E-state index in [-0.39, 0.29) is 17.1 Å². The van der Waals surface area contributed by atoms with E-state index in [1.54, 1.807) is 20.8 Å². The summed E-state index contributed by atoms with van der Waals surface area (Å²) in [5.74, 6) is -0.337. The van der Waals surface area contributed by atoms with Gasteiger partial charge in [0.2, 0.25) is 5.91 Å². The largest absolute Gasteiger partial charge is 0.443 e. The number of carbonyl (C=O) groups is 2. The minimum absolute atomic E-state index is 0.132. The third-order valence-electron chi connectivity index (χ3n) is 4.38. The van der Waals surface area contributed by atoms with Gasteiger partial charge in [-0.15, -0.1) is 0 Å². The van der Waals surface area contributed by atoms with Crippen LogP contribution in [0.4, 0.5) is 4.79 Å². The van der Waals surface area contributed by atoms with Gasteiger partial charge < -0.3 is 19.8 Å². The molecule has 0 aromatic heterocycles. The highest BCUT2D eigenvalue weighted by molar-refractivity contribution is 6.19. The highest BCUT2D eigenvalue weighted by atomic mass is 16.7. The van der Waals surface area contributed by atoms with Gasteiger partial charge in [-0.05, 0) is 61.3 Å². The maximum absolute atomic E-state index is 11.6. The molecule has 24 heavy (non-hydrogen) atoms. The summed E-state index contributed by atoms with van der Waals surface area (Å²) in [4.78, 5) is 24.2. The summed E-state index contributed by atoms with van der Waals surface area (Å²) in [6, 6.07) is -0.564. The average molecular weight is 342 g/mol. The molecule has 138 valence electrons. The maximum Gasteiger partial charge on any atom is 0.439 e. The van der Waals surface area contributed by atoms with Crippen LogP contribution < -0.4 is 5.73 Å². The molecule has 0 aromatic rings. The Morgan fingerprint density at radius 2 is 1.75 bits per heavy atom. The van der Waals surface area contributed by atoms with Crippen LogP contribution in [0.15, 0.2) is 0 Å². The van der Waals surface area contributed by atoms with Crippen molar-refractivity contribution in [2.75, 3.05) is 6.54 Å². The Balaban J connectivity index is 0.000000272. The molecule has 0 spiro atoms. The molecule has 2 amide bonds. The Morgan fingerprint density at radius 1 is 1.25 bits per heavy atom. The molecule has 2 rings (SSSR count). The molecule has 2 saturated heterocycles. The van der Waals surface area contributed by atoms with Crippen molar-refractivity contribution in [2.45, 2.75) is 84.2 Å². The van der Waals surface area contributed by atoms with Crippen molar-refractivity contribution >= 4 is 19.7 Å². The summed E-state index contributed by atoms with van der Waals surface area (Å²) in [5, 5.41) is 0. The molecule has 0 bridgehead atoms. The van der Waals surface area contributed by atoms with E-state index < -0.39 is 17.7 Å². The molecule has 7 nitrogen and oxygen atoms in total. The molecule has 2 N–H and O–H groups in total. The lowest BCUT2D eigenvalue weighted by atomic mass is 9.90. The Kier molecular flexibility index (Phi) is 6.46. The van der Waals surface area contributed by atoms with E-state index >= 15 is 0 Å². The predicted octanol–water partition coefficient (Wildman–Crippen LogP) is 1.73. The summed E-state index contributed by atoms with van der Waals surface area (Å²) in [6.45, 7) is 13.9. The number of amides is 2. The molecule has 8 heteroatoms. The van der Waals surface area contributed by atoms with Crippen molar-refractivity contribution in [3.05, 3.63) is 0 Å². The highest BCUT2D eigenvalue weighted by Crippen LogP contribution is 2.33. The van der Waals surface area contributed by atoms with Crippen molar-refractivity contribution < 1.29 is 23.6 Å². The van der Waals surface area contributed by atoms with Crippen LogP contribution in [0.2, 0.25) is 0 Å². The van der Waals surface area contributed by atoms with Gasteiger partial charge in [0, 0.05) is 6.54 Å². The molecule has 2 aliphatic heterocycles.